The molecule has 1 aromatic rings. The molecule has 0 aliphatic carbocycles. The Morgan fingerprint density at radius 2 is 1.92 bits per heavy atom. The Balaban J connectivity index is 2.84. The van der Waals surface area contributed by atoms with Gasteiger partial charge in [0.15, 0.2) is 0 Å². The van der Waals surface area contributed by atoms with Crippen LogP contribution in [-0.2, 0) is 15.7 Å². The first kappa shape index (κ1) is 20.0. The van der Waals surface area contributed by atoms with E-state index in [1.54, 1.807) is 13.8 Å². The van der Waals surface area contributed by atoms with Gasteiger partial charge in [0.2, 0.25) is 0 Å². The van der Waals surface area contributed by atoms with Gasteiger partial charge in [-0.15, -0.1) is 0 Å². The zero-order valence-electron chi connectivity index (χ0n) is 13.9. The number of benzene rings is 1. The number of rotatable bonds is 7. The van der Waals surface area contributed by atoms with Crippen LogP contribution in [0.3, 0.4) is 0 Å². The Morgan fingerprint density at radius 1 is 1.25 bits per heavy atom. The van der Waals surface area contributed by atoms with Gasteiger partial charge < -0.3 is 10.1 Å². The van der Waals surface area contributed by atoms with Crippen molar-refractivity contribution in [1.82, 2.24) is 5.32 Å². The summed E-state index contributed by atoms with van der Waals surface area (Å²) in [5, 5.41) is 2.46. The van der Waals surface area contributed by atoms with E-state index in [1.807, 2.05) is 6.92 Å². The molecule has 1 amide bonds. The zero-order chi connectivity index (χ0) is 18.3. The van der Waals surface area contributed by atoms with Gasteiger partial charge in [0.25, 0.3) is 5.91 Å². The molecule has 1 rings (SSSR count). The molecule has 0 saturated carbocycles. The van der Waals surface area contributed by atoms with Gasteiger partial charge in [-0.2, -0.15) is 13.2 Å². The third-order valence-corrected chi connectivity index (χ3v) is 3.40. The van der Waals surface area contributed by atoms with Crippen LogP contribution in [0.2, 0.25) is 0 Å². The fourth-order valence-corrected chi connectivity index (χ4v) is 1.97. The first-order valence-electron chi connectivity index (χ1n) is 7.81. The van der Waals surface area contributed by atoms with Crippen LogP contribution in [0.5, 0.6) is 0 Å². The van der Waals surface area contributed by atoms with Crippen LogP contribution in [0.4, 0.5) is 13.2 Å². The fraction of sp³-hybridized carbons (Fsp3) is 0.529. The molecule has 4 nitrogen and oxygen atoms in total. The van der Waals surface area contributed by atoms with Crippen LogP contribution in [0, 0.1) is 5.92 Å². The van der Waals surface area contributed by atoms with E-state index in [4.69, 9.17) is 4.74 Å². The van der Waals surface area contributed by atoms with Crippen LogP contribution >= 0.6 is 0 Å². The van der Waals surface area contributed by atoms with Gasteiger partial charge >= 0.3 is 12.1 Å². The second-order valence-corrected chi connectivity index (χ2v) is 5.79. The second kappa shape index (κ2) is 8.70. The lowest BCUT2D eigenvalue weighted by atomic mass is 10.0. The van der Waals surface area contributed by atoms with Crippen molar-refractivity contribution in [3.05, 3.63) is 35.4 Å². The van der Waals surface area contributed by atoms with E-state index in [1.165, 1.54) is 6.07 Å². The summed E-state index contributed by atoms with van der Waals surface area (Å²) in [6, 6.07) is 3.15. The maximum Gasteiger partial charge on any atom is 0.416 e. The number of hydrogen-bond donors (Lipinski definition) is 1. The number of hydrogen-bond acceptors (Lipinski definition) is 3. The van der Waals surface area contributed by atoms with Crippen molar-refractivity contribution in [2.45, 2.75) is 45.8 Å². The zero-order valence-corrected chi connectivity index (χ0v) is 13.9. The summed E-state index contributed by atoms with van der Waals surface area (Å²) in [6.45, 7) is 5.64. The number of amides is 1. The number of unbranched alkanes of at least 4 members (excludes halogenated alkanes) is 1. The number of nitrogens with one attached hydrogen (secondary N) is 1. The van der Waals surface area contributed by atoms with Crippen molar-refractivity contribution in [2.75, 3.05) is 6.61 Å². The summed E-state index contributed by atoms with van der Waals surface area (Å²) in [5.41, 5.74) is -1.07. The van der Waals surface area contributed by atoms with E-state index >= 15 is 0 Å². The molecular weight excluding hydrogens is 323 g/mol. The third kappa shape index (κ3) is 5.86. The largest absolute Gasteiger partial charge is 0.464 e. The number of alkyl halides is 3. The molecule has 0 aromatic heterocycles. The van der Waals surface area contributed by atoms with Crippen molar-refractivity contribution in [2.24, 2.45) is 5.92 Å². The smallest absolute Gasteiger partial charge is 0.416 e. The maximum absolute atomic E-state index is 12.7. The van der Waals surface area contributed by atoms with Gasteiger partial charge in [-0.1, -0.05) is 33.3 Å². The van der Waals surface area contributed by atoms with Gasteiger partial charge in [-0.3, -0.25) is 4.79 Å². The highest BCUT2D eigenvalue weighted by Gasteiger charge is 2.31. The van der Waals surface area contributed by atoms with Crippen molar-refractivity contribution >= 4 is 11.9 Å². The number of esters is 1. The van der Waals surface area contributed by atoms with Crippen LogP contribution < -0.4 is 5.32 Å². The molecular formula is C17H22F3NO3. The van der Waals surface area contributed by atoms with Crippen molar-refractivity contribution in [1.29, 1.82) is 0 Å². The van der Waals surface area contributed by atoms with E-state index in [0.717, 1.165) is 24.6 Å². The lowest BCUT2D eigenvalue weighted by molar-refractivity contribution is -0.147. The number of halogens is 3. The average molecular weight is 345 g/mol. The summed E-state index contributed by atoms with van der Waals surface area (Å²) >= 11 is 0. The summed E-state index contributed by atoms with van der Waals surface area (Å²) in [4.78, 5) is 24.2. The van der Waals surface area contributed by atoms with Crippen LogP contribution in [0.1, 0.15) is 49.5 Å². The molecule has 0 fully saturated rings. The molecule has 1 N–H and O–H groups in total. The molecule has 0 spiro atoms. The normalized spacial score (nSPS) is 12.8. The molecule has 1 atom stereocenters. The molecule has 0 aliphatic rings. The molecule has 1 unspecified atom stereocenters. The van der Waals surface area contributed by atoms with E-state index in [9.17, 15) is 22.8 Å². The first-order chi connectivity index (χ1) is 11.2. The highest BCUT2D eigenvalue weighted by molar-refractivity contribution is 5.97. The third-order valence-electron chi connectivity index (χ3n) is 3.40. The Hall–Kier alpha value is -2.05. The molecule has 0 radical (unpaired) electrons. The highest BCUT2D eigenvalue weighted by Crippen LogP contribution is 2.29. The molecule has 1 aromatic carbocycles. The van der Waals surface area contributed by atoms with E-state index in [-0.39, 0.29) is 18.1 Å². The van der Waals surface area contributed by atoms with Crippen molar-refractivity contribution in [3.63, 3.8) is 0 Å². The van der Waals surface area contributed by atoms with Gasteiger partial charge in [0.05, 0.1) is 12.2 Å². The summed E-state index contributed by atoms with van der Waals surface area (Å²) in [5.74, 6) is -1.58. The van der Waals surface area contributed by atoms with Gasteiger partial charge in [0.1, 0.15) is 6.04 Å². The van der Waals surface area contributed by atoms with E-state index < -0.39 is 29.7 Å². The number of carbonyl (C=O) groups is 2. The average Bonchev–Trinajstić information content (AvgIpc) is 2.51. The van der Waals surface area contributed by atoms with Crippen LogP contribution in [0.25, 0.3) is 0 Å². The SMILES string of the molecule is CCCCOC(=O)C(NC(=O)c1cccc(C(F)(F)F)c1)C(C)C. The first-order valence-corrected chi connectivity index (χ1v) is 7.81. The van der Waals surface area contributed by atoms with Crippen molar-refractivity contribution in [3.8, 4) is 0 Å². The Kier molecular flexibility index (Phi) is 7.25. The Morgan fingerprint density at radius 3 is 2.46 bits per heavy atom. The Labute approximate surface area is 139 Å². The minimum absolute atomic E-state index is 0.156. The summed E-state index contributed by atoms with van der Waals surface area (Å²) in [6.07, 6.45) is -2.97. The quantitative estimate of drug-likeness (QED) is 0.604. The minimum atomic E-state index is -4.53. The molecule has 0 bridgehead atoms. The number of carbonyl (C=O) groups excluding carboxylic acids is 2. The predicted octanol–water partition coefficient (Wildman–Crippen LogP) is 3.80. The fourth-order valence-electron chi connectivity index (χ4n) is 1.97. The topological polar surface area (TPSA) is 55.4 Å². The van der Waals surface area contributed by atoms with Crippen molar-refractivity contribution < 1.29 is 27.5 Å². The summed E-state index contributed by atoms with van der Waals surface area (Å²) in [7, 11) is 0. The predicted molar refractivity (Wildman–Crippen MR) is 83.4 cm³/mol. The maximum atomic E-state index is 12.7. The lowest BCUT2D eigenvalue weighted by Gasteiger charge is -2.21. The van der Waals surface area contributed by atoms with Crippen LogP contribution in [-0.4, -0.2) is 24.5 Å². The van der Waals surface area contributed by atoms with E-state index in [2.05, 4.69) is 5.32 Å². The van der Waals surface area contributed by atoms with E-state index in [0.29, 0.717) is 6.42 Å². The molecule has 0 aliphatic heterocycles. The minimum Gasteiger partial charge on any atom is -0.464 e. The standard InChI is InChI=1S/C17H22F3NO3/c1-4-5-9-24-16(23)14(11(2)3)21-15(22)12-7-6-8-13(10-12)17(18,19)20/h6-8,10-11,14H,4-5,9H2,1-3H3,(H,21,22). The molecule has 0 heterocycles. The van der Waals surface area contributed by atoms with Gasteiger partial charge in [-0.05, 0) is 30.5 Å². The Bertz CT molecular complexity index is 570. The lowest BCUT2D eigenvalue weighted by Crippen LogP contribution is -2.45. The monoisotopic (exact) mass is 345 g/mol. The van der Waals surface area contributed by atoms with Crippen LogP contribution in [0.15, 0.2) is 24.3 Å². The van der Waals surface area contributed by atoms with Gasteiger partial charge in [-0.25, -0.2) is 4.79 Å². The molecule has 134 valence electrons. The van der Waals surface area contributed by atoms with Gasteiger partial charge in [0, 0.05) is 5.56 Å². The molecule has 24 heavy (non-hydrogen) atoms. The highest BCUT2D eigenvalue weighted by atomic mass is 19.4. The number of ether oxygens (including phenoxy) is 1. The molecule has 7 heteroatoms. The summed E-state index contributed by atoms with van der Waals surface area (Å²) < 4.78 is 43.2. The molecule has 0 saturated heterocycles. The second-order valence-electron chi connectivity index (χ2n) is 5.79.